The van der Waals surface area contributed by atoms with Gasteiger partial charge in [-0.1, -0.05) is 6.07 Å². The van der Waals surface area contributed by atoms with E-state index in [2.05, 4.69) is 22.1 Å². The zero-order chi connectivity index (χ0) is 16.8. The van der Waals surface area contributed by atoms with Crippen LogP contribution in [0.25, 0.3) is 0 Å². The second kappa shape index (κ2) is 8.26. The first-order valence-corrected chi connectivity index (χ1v) is 9.29. The first-order chi connectivity index (χ1) is 11.7. The normalized spacial score (nSPS) is 16.0. The van der Waals surface area contributed by atoms with Crippen LogP contribution < -0.4 is 10.1 Å². The van der Waals surface area contributed by atoms with Gasteiger partial charge in [0.25, 0.3) is 5.91 Å². The Labute approximate surface area is 146 Å². The summed E-state index contributed by atoms with van der Waals surface area (Å²) in [7, 11) is 0. The van der Waals surface area contributed by atoms with E-state index in [1.54, 1.807) is 22.9 Å². The van der Waals surface area contributed by atoms with Gasteiger partial charge in [-0.3, -0.25) is 9.69 Å². The molecule has 2 aromatic rings. The summed E-state index contributed by atoms with van der Waals surface area (Å²) in [5.41, 5.74) is 3.30. The van der Waals surface area contributed by atoms with Gasteiger partial charge in [-0.2, -0.15) is 0 Å². The van der Waals surface area contributed by atoms with Crippen LogP contribution in [-0.2, 0) is 6.61 Å². The Balaban J connectivity index is 1.51. The van der Waals surface area contributed by atoms with Crippen LogP contribution >= 0.6 is 11.3 Å². The van der Waals surface area contributed by atoms with E-state index in [0.717, 1.165) is 18.8 Å². The molecule has 1 saturated heterocycles. The fraction of sp³-hybridized carbons (Fsp3) is 0.444. The summed E-state index contributed by atoms with van der Waals surface area (Å²) in [4.78, 5) is 19.0. The fourth-order valence-electron chi connectivity index (χ4n) is 2.85. The Morgan fingerprint density at radius 3 is 3.00 bits per heavy atom. The van der Waals surface area contributed by atoms with Gasteiger partial charge in [-0.25, -0.2) is 4.98 Å². The van der Waals surface area contributed by atoms with E-state index in [1.807, 2.05) is 23.6 Å². The molecule has 0 bridgehead atoms. The molecule has 1 unspecified atom stereocenters. The molecule has 1 N–H and O–H groups in total. The van der Waals surface area contributed by atoms with Gasteiger partial charge in [0, 0.05) is 23.5 Å². The van der Waals surface area contributed by atoms with E-state index in [0.29, 0.717) is 30.5 Å². The van der Waals surface area contributed by atoms with Gasteiger partial charge in [0.2, 0.25) is 0 Å². The summed E-state index contributed by atoms with van der Waals surface area (Å²) < 4.78 is 5.70. The highest BCUT2D eigenvalue weighted by Gasteiger charge is 2.18. The van der Waals surface area contributed by atoms with Gasteiger partial charge < -0.3 is 10.1 Å². The lowest BCUT2D eigenvalue weighted by Gasteiger charge is -2.23. The van der Waals surface area contributed by atoms with Crippen molar-refractivity contribution >= 4 is 17.2 Å². The van der Waals surface area contributed by atoms with Crippen molar-refractivity contribution in [3.05, 3.63) is 46.4 Å². The highest BCUT2D eigenvalue weighted by molar-refractivity contribution is 7.07. The number of carbonyl (C=O) groups is 1. The summed E-state index contributed by atoms with van der Waals surface area (Å²) >= 11 is 1.54. The molecular formula is C18H23N3O2S. The number of likely N-dealkylation sites (tertiary alicyclic amines) is 1. The summed E-state index contributed by atoms with van der Waals surface area (Å²) in [6.45, 7) is 5.52. The maximum Gasteiger partial charge on any atom is 0.251 e. The minimum Gasteiger partial charge on any atom is -0.487 e. The van der Waals surface area contributed by atoms with E-state index < -0.39 is 0 Å². The summed E-state index contributed by atoms with van der Waals surface area (Å²) in [5.74, 6) is 0.628. The van der Waals surface area contributed by atoms with Gasteiger partial charge in [0.05, 0.1) is 11.2 Å². The third kappa shape index (κ3) is 4.55. The Kier molecular flexibility index (Phi) is 5.82. The van der Waals surface area contributed by atoms with Crippen molar-refractivity contribution in [2.75, 3.05) is 19.6 Å². The maximum absolute atomic E-state index is 12.4. The lowest BCUT2D eigenvalue weighted by molar-refractivity contribution is 0.0940. The number of hydrogen-bond acceptors (Lipinski definition) is 5. The van der Waals surface area contributed by atoms with Gasteiger partial charge in [0.15, 0.2) is 0 Å². The number of hydrogen-bond donors (Lipinski definition) is 1. The summed E-state index contributed by atoms with van der Waals surface area (Å²) in [6, 6.07) is 7.67. The third-order valence-corrected chi connectivity index (χ3v) is 4.92. The fourth-order valence-corrected chi connectivity index (χ4v) is 3.39. The number of benzene rings is 1. The van der Waals surface area contributed by atoms with Crippen molar-refractivity contribution in [2.45, 2.75) is 32.4 Å². The van der Waals surface area contributed by atoms with Crippen LogP contribution in [0, 0.1) is 0 Å². The van der Waals surface area contributed by atoms with Crippen molar-refractivity contribution in [2.24, 2.45) is 0 Å². The molecule has 1 atom stereocenters. The highest BCUT2D eigenvalue weighted by atomic mass is 32.1. The second-order valence-electron chi connectivity index (χ2n) is 6.10. The molecule has 24 heavy (non-hydrogen) atoms. The number of carbonyl (C=O) groups excluding carboxylic acids is 1. The molecule has 2 heterocycles. The minimum atomic E-state index is -0.0554. The predicted octanol–water partition coefficient (Wildman–Crippen LogP) is 2.94. The van der Waals surface area contributed by atoms with E-state index in [-0.39, 0.29) is 5.91 Å². The van der Waals surface area contributed by atoms with E-state index in [1.165, 1.54) is 12.8 Å². The third-order valence-electron chi connectivity index (χ3n) is 4.29. The largest absolute Gasteiger partial charge is 0.487 e. The van der Waals surface area contributed by atoms with Crippen molar-refractivity contribution in [3.63, 3.8) is 0 Å². The zero-order valence-electron chi connectivity index (χ0n) is 13.9. The average Bonchev–Trinajstić information content (AvgIpc) is 3.31. The quantitative estimate of drug-likeness (QED) is 0.838. The lowest BCUT2D eigenvalue weighted by Crippen LogP contribution is -2.40. The Hall–Kier alpha value is -1.92. The van der Waals surface area contributed by atoms with Crippen LogP contribution in [0.1, 0.15) is 35.8 Å². The van der Waals surface area contributed by atoms with Gasteiger partial charge in [-0.15, -0.1) is 11.3 Å². The Morgan fingerprint density at radius 2 is 2.25 bits per heavy atom. The van der Waals surface area contributed by atoms with Crippen LogP contribution in [0.2, 0.25) is 0 Å². The van der Waals surface area contributed by atoms with E-state index in [4.69, 9.17) is 4.74 Å². The van der Waals surface area contributed by atoms with Crippen LogP contribution in [0.4, 0.5) is 0 Å². The number of ether oxygens (including phenoxy) is 1. The predicted molar refractivity (Wildman–Crippen MR) is 95.5 cm³/mol. The molecule has 6 heteroatoms. The Morgan fingerprint density at radius 1 is 1.42 bits per heavy atom. The Bertz CT molecular complexity index is 654. The van der Waals surface area contributed by atoms with Crippen LogP contribution in [0.5, 0.6) is 5.75 Å². The highest BCUT2D eigenvalue weighted by Crippen LogP contribution is 2.16. The molecule has 0 radical (unpaired) electrons. The van der Waals surface area contributed by atoms with Crippen molar-refractivity contribution in [1.82, 2.24) is 15.2 Å². The second-order valence-corrected chi connectivity index (χ2v) is 6.82. The number of amides is 1. The smallest absolute Gasteiger partial charge is 0.251 e. The number of thiazole rings is 1. The minimum absolute atomic E-state index is 0.0554. The zero-order valence-corrected chi connectivity index (χ0v) is 14.7. The molecule has 5 nitrogen and oxygen atoms in total. The summed E-state index contributed by atoms with van der Waals surface area (Å²) in [6.07, 6.45) is 2.52. The molecule has 0 spiro atoms. The molecule has 1 aromatic heterocycles. The molecule has 0 saturated carbocycles. The molecule has 1 amide bonds. The maximum atomic E-state index is 12.4. The number of rotatable bonds is 7. The van der Waals surface area contributed by atoms with Crippen molar-refractivity contribution in [3.8, 4) is 5.75 Å². The molecule has 1 fully saturated rings. The summed E-state index contributed by atoms with van der Waals surface area (Å²) in [5, 5.41) is 4.98. The van der Waals surface area contributed by atoms with Crippen molar-refractivity contribution < 1.29 is 9.53 Å². The van der Waals surface area contributed by atoms with Crippen molar-refractivity contribution in [1.29, 1.82) is 0 Å². The van der Waals surface area contributed by atoms with E-state index >= 15 is 0 Å². The van der Waals surface area contributed by atoms with Gasteiger partial charge in [-0.05, 0) is 51.1 Å². The standard InChI is InChI=1S/C18H23N3O2S/c1-14(21-7-2-3-8-21)10-19-18(22)15-5-4-6-17(9-15)23-11-16-12-24-13-20-16/h4-6,9,12-14H,2-3,7-8,10-11H2,1H3,(H,19,22). The molecule has 1 aliphatic heterocycles. The van der Waals surface area contributed by atoms with Gasteiger partial charge >= 0.3 is 0 Å². The molecular weight excluding hydrogens is 322 g/mol. The first kappa shape index (κ1) is 16.9. The molecule has 3 rings (SSSR count). The van der Waals surface area contributed by atoms with Crippen LogP contribution in [0.15, 0.2) is 35.2 Å². The average molecular weight is 345 g/mol. The lowest BCUT2D eigenvalue weighted by atomic mass is 10.2. The van der Waals surface area contributed by atoms with E-state index in [9.17, 15) is 4.79 Å². The number of aromatic nitrogens is 1. The monoisotopic (exact) mass is 345 g/mol. The molecule has 1 aromatic carbocycles. The van der Waals surface area contributed by atoms with Crippen LogP contribution in [0.3, 0.4) is 0 Å². The topological polar surface area (TPSA) is 54.5 Å². The van der Waals surface area contributed by atoms with Crippen LogP contribution in [-0.4, -0.2) is 41.5 Å². The van der Waals surface area contributed by atoms with Gasteiger partial charge in [0.1, 0.15) is 12.4 Å². The SMILES string of the molecule is CC(CNC(=O)c1cccc(OCc2cscn2)c1)N1CCCC1. The molecule has 128 valence electrons. The number of nitrogens with zero attached hydrogens (tertiary/aromatic N) is 2. The first-order valence-electron chi connectivity index (χ1n) is 8.34. The number of nitrogens with one attached hydrogen (secondary N) is 1. The molecule has 1 aliphatic rings. The molecule has 0 aliphatic carbocycles.